The van der Waals surface area contributed by atoms with Crippen molar-refractivity contribution in [3.05, 3.63) is 52.4 Å². The smallest absolute Gasteiger partial charge is 0.271 e. The highest BCUT2D eigenvalue weighted by molar-refractivity contribution is 5.33. The van der Waals surface area contributed by atoms with Crippen LogP contribution in [0.25, 0.3) is 5.69 Å². The minimum Gasteiger partial charge on any atom is -0.326 e. The summed E-state index contributed by atoms with van der Waals surface area (Å²) in [4.78, 5) is 11.3. The first kappa shape index (κ1) is 8.77. The highest BCUT2D eigenvalue weighted by Crippen LogP contribution is 2.05. The van der Waals surface area contributed by atoms with Gasteiger partial charge in [-0.2, -0.15) is 0 Å². The third kappa shape index (κ3) is 1.47. The molecular formula is C10H11N3O. The standard InChI is InChI=1S/C10H11N3O/c11-7-8-1-3-9(4-2-8)13-10(14)5-6-12-13/h1-6,12H,7,11H2. The second-order valence-corrected chi connectivity index (χ2v) is 3.01. The van der Waals surface area contributed by atoms with Crippen molar-refractivity contribution in [3.8, 4) is 5.69 Å². The maximum absolute atomic E-state index is 11.3. The largest absolute Gasteiger partial charge is 0.326 e. The van der Waals surface area contributed by atoms with E-state index in [0.29, 0.717) is 6.54 Å². The van der Waals surface area contributed by atoms with Crippen LogP contribution in [0.2, 0.25) is 0 Å². The van der Waals surface area contributed by atoms with E-state index in [-0.39, 0.29) is 5.56 Å². The minimum atomic E-state index is -0.0644. The topological polar surface area (TPSA) is 63.8 Å². The highest BCUT2D eigenvalue weighted by Gasteiger charge is 1.98. The number of nitrogens with one attached hydrogen (secondary N) is 1. The molecule has 0 aliphatic rings. The molecule has 0 spiro atoms. The van der Waals surface area contributed by atoms with Gasteiger partial charge in [-0.25, -0.2) is 4.68 Å². The highest BCUT2D eigenvalue weighted by atomic mass is 16.1. The second-order valence-electron chi connectivity index (χ2n) is 3.01. The molecule has 2 aromatic rings. The second kappa shape index (κ2) is 3.51. The van der Waals surface area contributed by atoms with E-state index < -0.39 is 0 Å². The molecule has 3 N–H and O–H groups in total. The van der Waals surface area contributed by atoms with Gasteiger partial charge in [-0.05, 0) is 17.7 Å². The summed E-state index contributed by atoms with van der Waals surface area (Å²) in [5.74, 6) is 0. The molecule has 0 saturated heterocycles. The predicted octanol–water partition coefficient (Wildman–Crippen LogP) is 0.624. The van der Waals surface area contributed by atoms with Crippen LogP contribution in [-0.2, 0) is 6.54 Å². The number of nitrogens with zero attached hydrogens (tertiary/aromatic N) is 1. The molecule has 0 fully saturated rings. The van der Waals surface area contributed by atoms with Crippen molar-refractivity contribution >= 4 is 0 Å². The molecule has 0 aliphatic heterocycles. The number of nitrogens with two attached hydrogens (primary N) is 1. The normalized spacial score (nSPS) is 10.4. The third-order valence-electron chi connectivity index (χ3n) is 2.08. The molecule has 0 bridgehead atoms. The minimum absolute atomic E-state index is 0.0644. The quantitative estimate of drug-likeness (QED) is 0.727. The predicted molar refractivity (Wildman–Crippen MR) is 54.3 cm³/mol. The molecule has 0 unspecified atom stereocenters. The van der Waals surface area contributed by atoms with Crippen LogP contribution in [0.3, 0.4) is 0 Å². The van der Waals surface area contributed by atoms with Gasteiger partial charge in [0.15, 0.2) is 0 Å². The van der Waals surface area contributed by atoms with Crippen LogP contribution in [0.1, 0.15) is 5.56 Å². The van der Waals surface area contributed by atoms with E-state index in [2.05, 4.69) is 5.10 Å². The van der Waals surface area contributed by atoms with Crippen molar-refractivity contribution in [2.45, 2.75) is 6.54 Å². The van der Waals surface area contributed by atoms with E-state index in [9.17, 15) is 4.79 Å². The first-order valence-electron chi connectivity index (χ1n) is 4.37. The monoisotopic (exact) mass is 189 g/mol. The molecule has 2 rings (SSSR count). The molecule has 4 heteroatoms. The molecule has 0 aliphatic carbocycles. The first-order chi connectivity index (χ1) is 6.81. The Labute approximate surface area is 81.0 Å². The Hall–Kier alpha value is -1.81. The van der Waals surface area contributed by atoms with Gasteiger partial charge < -0.3 is 5.73 Å². The lowest BCUT2D eigenvalue weighted by atomic mass is 10.2. The molecule has 0 amide bonds. The van der Waals surface area contributed by atoms with Crippen molar-refractivity contribution in [1.82, 2.24) is 9.78 Å². The van der Waals surface area contributed by atoms with Crippen LogP contribution in [0.4, 0.5) is 0 Å². The van der Waals surface area contributed by atoms with E-state index in [1.807, 2.05) is 24.3 Å². The van der Waals surface area contributed by atoms with Crippen LogP contribution < -0.4 is 11.3 Å². The number of aromatic amines is 1. The van der Waals surface area contributed by atoms with E-state index >= 15 is 0 Å². The zero-order chi connectivity index (χ0) is 9.97. The summed E-state index contributed by atoms with van der Waals surface area (Å²) in [6, 6.07) is 9.02. The summed E-state index contributed by atoms with van der Waals surface area (Å²) < 4.78 is 1.47. The van der Waals surface area contributed by atoms with Crippen LogP contribution in [0.15, 0.2) is 41.3 Å². The van der Waals surface area contributed by atoms with E-state index in [4.69, 9.17) is 5.73 Å². The first-order valence-corrected chi connectivity index (χ1v) is 4.37. The number of H-pyrrole nitrogens is 1. The van der Waals surface area contributed by atoms with Crippen molar-refractivity contribution in [3.63, 3.8) is 0 Å². The van der Waals surface area contributed by atoms with E-state index in [1.54, 1.807) is 6.20 Å². The van der Waals surface area contributed by atoms with Gasteiger partial charge in [-0.1, -0.05) is 12.1 Å². The van der Waals surface area contributed by atoms with Gasteiger partial charge in [-0.3, -0.25) is 9.89 Å². The van der Waals surface area contributed by atoms with Gasteiger partial charge >= 0.3 is 0 Å². The number of hydrogen-bond acceptors (Lipinski definition) is 2. The van der Waals surface area contributed by atoms with Crippen molar-refractivity contribution in [2.75, 3.05) is 0 Å². The average molecular weight is 189 g/mol. The van der Waals surface area contributed by atoms with Gasteiger partial charge in [0.05, 0.1) is 5.69 Å². The number of aromatic nitrogens is 2. The Morgan fingerprint density at radius 2 is 1.93 bits per heavy atom. The lowest BCUT2D eigenvalue weighted by molar-refractivity contribution is 0.848. The lowest BCUT2D eigenvalue weighted by Crippen LogP contribution is -2.13. The van der Waals surface area contributed by atoms with Gasteiger partial charge in [0.25, 0.3) is 5.56 Å². The molecule has 1 aromatic carbocycles. The fraction of sp³-hybridized carbons (Fsp3) is 0.100. The summed E-state index contributed by atoms with van der Waals surface area (Å²) in [5.41, 5.74) is 7.27. The number of benzene rings is 1. The summed E-state index contributed by atoms with van der Waals surface area (Å²) in [7, 11) is 0. The van der Waals surface area contributed by atoms with Crippen molar-refractivity contribution in [1.29, 1.82) is 0 Å². The van der Waals surface area contributed by atoms with Gasteiger partial charge in [0.1, 0.15) is 0 Å². The van der Waals surface area contributed by atoms with Crippen LogP contribution in [-0.4, -0.2) is 9.78 Å². The van der Waals surface area contributed by atoms with Crippen LogP contribution in [0.5, 0.6) is 0 Å². The molecular weight excluding hydrogens is 178 g/mol. The SMILES string of the molecule is NCc1ccc(-n2[nH]ccc2=O)cc1. The fourth-order valence-electron chi connectivity index (χ4n) is 1.30. The Kier molecular flexibility index (Phi) is 2.20. The van der Waals surface area contributed by atoms with E-state index in [0.717, 1.165) is 11.3 Å². The van der Waals surface area contributed by atoms with Crippen molar-refractivity contribution in [2.24, 2.45) is 5.73 Å². The average Bonchev–Trinajstić information content (AvgIpc) is 2.65. The molecule has 72 valence electrons. The maximum atomic E-state index is 11.3. The van der Waals surface area contributed by atoms with Crippen LogP contribution in [0, 0.1) is 0 Å². The molecule has 1 heterocycles. The number of hydrogen-bond donors (Lipinski definition) is 2. The van der Waals surface area contributed by atoms with Gasteiger partial charge in [-0.15, -0.1) is 0 Å². The number of rotatable bonds is 2. The molecule has 0 saturated carbocycles. The zero-order valence-electron chi connectivity index (χ0n) is 7.60. The lowest BCUT2D eigenvalue weighted by Gasteiger charge is -2.02. The van der Waals surface area contributed by atoms with Gasteiger partial charge in [0, 0.05) is 18.8 Å². The molecule has 0 atom stereocenters. The van der Waals surface area contributed by atoms with Gasteiger partial charge in [0.2, 0.25) is 0 Å². The summed E-state index contributed by atoms with van der Waals surface area (Å²) in [6.45, 7) is 0.514. The summed E-state index contributed by atoms with van der Waals surface area (Å²) >= 11 is 0. The molecule has 4 nitrogen and oxygen atoms in total. The Balaban J connectivity index is 2.44. The van der Waals surface area contributed by atoms with Crippen molar-refractivity contribution < 1.29 is 0 Å². The molecule has 14 heavy (non-hydrogen) atoms. The maximum Gasteiger partial charge on any atom is 0.271 e. The fourth-order valence-corrected chi connectivity index (χ4v) is 1.30. The molecule has 0 radical (unpaired) electrons. The summed E-state index contributed by atoms with van der Waals surface area (Å²) in [6.07, 6.45) is 1.61. The Morgan fingerprint density at radius 3 is 2.43 bits per heavy atom. The van der Waals surface area contributed by atoms with Crippen LogP contribution >= 0.6 is 0 Å². The molecule has 1 aromatic heterocycles. The van der Waals surface area contributed by atoms with E-state index in [1.165, 1.54) is 10.7 Å². The Morgan fingerprint density at radius 1 is 1.21 bits per heavy atom. The zero-order valence-corrected chi connectivity index (χ0v) is 7.60. The third-order valence-corrected chi connectivity index (χ3v) is 2.08. The summed E-state index contributed by atoms with van der Waals surface area (Å²) in [5, 5.41) is 2.83. The Bertz CT molecular complexity index is 467.